The van der Waals surface area contributed by atoms with Gasteiger partial charge in [0.2, 0.25) is 5.91 Å². The zero-order chi connectivity index (χ0) is 17.2. The van der Waals surface area contributed by atoms with Crippen LogP contribution in [0.3, 0.4) is 0 Å². The Morgan fingerprint density at radius 1 is 1.04 bits per heavy atom. The van der Waals surface area contributed by atoms with E-state index in [9.17, 15) is 4.79 Å². The number of amides is 1. The molecule has 27 heavy (non-hydrogen) atoms. The molecule has 2 aliphatic rings. The number of fused-ring (bicyclic) bond motifs is 1. The van der Waals surface area contributed by atoms with Crippen LogP contribution in [-0.4, -0.2) is 48.0 Å². The number of aryl methyl sites for hydroxylation is 1. The van der Waals surface area contributed by atoms with Crippen molar-refractivity contribution < 1.29 is 4.79 Å². The second kappa shape index (κ2) is 9.40. The van der Waals surface area contributed by atoms with Crippen LogP contribution in [0.4, 0.5) is 5.82 Å². The molecule has 0 bridgehead atoms. The Hall–Kier alpha value is -1.82. The average Bonchev–Trinajstić information content (AvgIpc) is 2.67. The van der Waals surface area contributed by atoms with E-state index in [1.165, 1.54) is 16.7 Å². The third kappa shape index (κ3) is 4.54. The highest BCUT2D eigenvalue weighted by molar-refractivity contribution is 5.85. The maximum Gasteiger partial charge on any atom is 0.240 e. The molecule has 146 valence electrons. The minimum absolute atomic E-state index is 0. The Morgan fingerprint density at radius 2 is 1.74 bits per heavy atom. The number of anilines is 1. The maximum atomic E-state index is 12.9. The molecule has 1 amide bonds. The molecule has 1 aromatic carbocycles. The third-order valence-corrected chi connectivity index (χ3v) is 5.25. The van der Waals surface area contributed by atoms with Gasteiger partial charge in [0.25, 0.3) is 0 Å². The van der Waals surface area contributed by atoms with Gasteiger partial charge in [0.1, 0.15) is 5.82 Å². The first-order valence-corrected chi connectivity index (χ1v) is 8.98. The van der Waals surface area contributed by atoms with Gasteiger partial charge >= 0.3 is 0 Å². The Balaban J connectivity index is 0.00000131. The largest absolute Gasteiger partial charge is 0.353 e. The molecule has 1 fully saturated rings. The molecule has 1 atom stereocenters. The lowest BCUT2D eigenvalue weighted by Gasteiger charge is -2.38. The number of rotatable bonds is 2. The Bertz CT molecular complexity index is 778. The fourth-order valence-corrected chi connectivity index (χ4v) is 3.80. The van der Waals surface area contributed by atoms with Gasteiger partial charge in [-0.3, -0.25) is 4.79 Å². The Kier molecular flexibility index (Phi) is 7.48. The van der Waals surface area contributed by atoms with Crippen LogP contribution >= 0.6 is 24.8 Å². The van der Waals surface area contributed by atoms with Gasteiger partial charge in [0.05, 0.1) is 6.04 Å². The lowest BCUT2D eigenvalue weighted by Crippen LogP contribution is -2.55. The normalized spacial score (nSPS) is 18.8. The summed E-state index contributed by atoms with van der Waals surface area (Å²) in [5, 5.41) is 3.41. The van der Waals surface area contributed by atoms with Gasteiger partial charge in [-0.15, -0.1) is 24.8 Å². The van der Waals surface area contributed by atoms with Gasteiger partial charge < -0.3 is 15.1 Å². The highest BCUT2D eigenvalue weighted by atomic mass is 35.5. The Morgan fingerprint density at radius 3 is 2.44 bits per heavy atom. The molecule has 4 rings (SSSR count). The molecule has 2 aromatic rings. The highest BCUT2D eigenvalue weighted by Crippen LogP contribution is 2.20. The summed E-state index contributed by atoms with van der Waals surface area (Å²) < 4.78 is 0. The summed E-state index contributed by atoms with van der Waals surface area (Å²) in [7, 11) is 0. The number of benzene rings is 1. The molecule has 1 N–H and O–H groups in total. The number of aromatic nitrogens is 1. The van der Waals surface area contributed by atoms with Gasteiger partial charge in [-0.2, -0.15) is 0 Å². The van der Waals surface area contributed by atoms with Crippen molar-refractivity contribution >= 4 is 36.5 Å². The molecule has 3 heterocycles. The second-order valence-electron chi connectivity index (χ2n) is 6.86. The van der Waals surface area contributed by atoms with E-state index >= 15 is 0 Å². The van der Waals surface area contributed by atoms with Crippen LogP contribution in [0.15, 0.2) is 42.6 Å². The van der Waals surface area contributed by atoms with Gasteiger partial charge in [-0.05, 0) is 36.1 Å². The number of pyridine rings is 1. The first-order valence-electron chi connectivity index (χ1n) is 8.98. The number of hydrogen-bond donors (Lipinski definition) is 1. The second-order valence-corrected chi connectivity index (χ2v) is 6.86. The standard InChI is InChI=1S/C20H24N4O.2ClH/c1-15-5-4-8-21-19(15)23-9-11-24(12-10-23)20(25)18-13-16-6-2-3-7-17(16)14-22-18;;/h2-8,18,22H,9-14H2,1H3;2*1H/t18-;;/m1../s1. The van der Waals surface area contributed by atoms with Crippen molar-refractivity contribution in [2.45, 2.75) is 25.9 Å². The van der Waals surface area contributed by atoms with Gasteiger partial charge in [0.15, 0.2) is 0 Å². The fourth-order valence-electron chi connectivity index (χ4n) is 3.80. The van der Waals surface area contributed by atoms with E-state index in [4.69, 9.17) is 0 Å². The van der Waals surface area contributed by atoms with Crippen molar-refractivity contribution in [2.75, 3.05) is 31.1 Å². The molecule has 0 unspecified atom stereocenters. The molecule has 5 nitrogen and oxygen atoms in total. The number of halogens is 2. The number of nitrogens with zero attached hydrogens (tertiary/aromatic N) is 3. The van der Waals surface area contributed by atoms with E-state index in [-0.39, 0.29) is 36.8 Å². The molecule has 1 aromatic heterocycles. The van der Waals surface area contributed by atoms with E-state index < -0.39 is 0 Å². The summed E-state index contributed by atoms with van der Waals surface area (Å²) in [4.78, 5) is 21.7. The number of carbonyl (C=O) groups excluding carboxylic acids is 1. The van der Waals surface area contributed by atoms with Crippen LogP contribution in [-0.2, 0) is 17.8 Å². The van der Waals surface area contributed by atoms with E-state index in [2.05, 4.69) is 52.5 Å². The van der Waals surface area contributed by atoms with Crippen LogP contribution in [0.25, 0.3) is 0 Å². The van der Waals surface area contributed by atoms with Crippen LogP contribution in [0, 0.1) is 6.92 Å². The van der Waals surface area contributed by atoms with Crippen molar-refractivity contribution in [1.82, 2.24) is 15.2 Å². The highest BCUT2D eigenvalue weighted by Gasteiger charge is 2.30. The molecule has 0 saturated carbocycles. The van der Waals surface area contributed by atoms with Gasteiger partial charge in [-0.25, -0.2) is 4.98 Å². The molecule has 0 spiro atoms. The smallest absolute Gasteiger partial charge is 0.240 e. The minimum Gasteiger partial charge on any atom is -0.353 e. The average molecular weight is 409 g/mol. The number of hydrogen-bond acceptors (Lipinski definition) is 4. The Labute approximate surface area is 173 Å². The molecule has 1 saturated heterocycles. The van der Waals surface area contributed by atoms with Crippen molar-refractivity contribution in [3.05, 3.63) is 59.3 Å². The van der Waals surface area contributed by atoms with E-state index in [1.807, 2.05) is 17.2 Å². The predicted molar refractivity (Wildman–Crippen MR) is 113 cm³/mol. The summed E-state index contributed by atoms with van der Waals surface area (Å²) in [6.45, 7) is 6.06. The monoisotopic (exact) mass is 408 g/mol. The number of nitrogens with one attached hydrogen (secondary N) is 1. The first-order chi connectivity index (χ1) is 12.2. The summed E-state index contributed by atoms with van der Waals surface area (Å²) in [5.41, 5.74) is 3.79. The van der Waals surface area contributed by atoms with Crippen LogP contribution in [0.1, 0.15) is 16.7 Å². The van der Waals surface area contributed by atoms with Crippen LogP contribution in [0.2, 0.25) is 0 Å². The molecule has 0 radical (unpaired) electrons. The zero-order valence-electron chi connectivity index (χ0n) is 15.4. The quantitative estimate of drug-likeness (QED) is 0.829. The molecular formula is C20H26Cl2N4O. The molecular weight excluding hydrogens is 383 g/mol. The lowest BCUT2D eigenvalue weighted by molar-refractivity contribution is -0.134. The van der Waals surface area contributed by atoms with E-state index in [1.54, 1.807) is 0 Å². The van der Waals surface area contributed by atoms with Crippen LogP contribution < -0.4 is 10.2 Å². The van der Waals surface area contributed by atoms with Gasteiger partial charge in [0, 0.05) is 38.9 Å². The van der Waals surface area contributed by atoms with Crippen molar-refractivity contribution in [2.24, 2.45) is 0 Å². The van der Waals surface area contributed by atoms with E-state index in [0.717, 1.165) is 45.0 Å². The fraction of sp³-hybridized carbons (Fsp3) is 0.400. The van der Waals surface area contributed by atoms with Crippen molar-refractivity contribution in [3.63, 3.8) is 0 Å². The lowest BCUT2D eigenvalue weighted by atomic mass is 9.95. The number of piperazine rings is 1. The maximum absolute atomic E-state index is 12.9. The van der Waals surface area contributed by atoms with Crippen molar-refractivity contribution in [1.29, 1.82) is 0 Å². The summed E-state index contributed by atoms with van der Waals surface area (Å²) >= 11 is 0. The van der Waals surface area contributed by atoms with E-state index in [0.29, 0.717) is 0 Å². The van der Waals surface area contributed by atoms with Crippen molar-refractivity contribution in [3.8, 4) is 0 Å². The van der Waals surface area contributed by atoms with Crippen LogP contribution in [0.5, 0.6) is 0 Å². The minimum atomic E-state index is -0.0990. The summed E-state index contributed by atoms with van der Waals surface area (Å²) in [6.07, 6.45) is 2.62. The molecule has 0 aliphatic carbocycles. The SMILES string of the molecule is Cc1cccnc1N1CCN(C(=O)[C@H]2Cc3ccccc3CN2)CC1.Cl.Cl. The summed E-state index contributed by atoms with van der Waals surface area (Å²) in [6, 6.07) is 12.3. The zero-order valence-corrected chi connectivity index (χ0v) is 17.1. The first kappa shape index (κ1) is 21.5. The third-order valence-electron chi connectivity index (χ3n) is 5.25. The molecule has 2 aliphatic heterocycles. The van der Waals surface area contributed by atoms with Gasteiger partial charge in [-0.1, -0.05) is 30.3 Å². The number of carbonyl (C=O) groups is 1. The summed E-state index contributed by atoms with van der Waals surface area (Å²) in [5.74, 6) is 1.27. The topological polar surface area (TPSA) is 48.5 Å². The predicted octanol–water partition coefficient (Wildman–Crippen LogP) is 2.60. The molecule has 7 heteroatoms.